The maximum absolute atomic E-state index is 13.3. The van der Waals surface area contributed by atoms with Crippen LogP contribution in [0.25, 0.3) is 11.0 Å². The number of likely N-dealkylation sites (tertiary alicyclic amines) is 1. The lowest BCUT2D eigenvalue weighted by molar-refractivity contribution is 0.283. The summed E-state index contributed by atoms with van der Waals surface area (Å²) in [5.41, 5.74) is 3.84. The molecule has 8 nitrogen and oxygen atoms in total. The zero-order chi connectivity index (χ0) is 26.0. The number of nitrogens with one attached hydrogen (secondary N) is 2. The highest BCUT2D eigenvalue weighted by molar-refractivity contribution is 5.87. The van der Waals surface area contributed by atoms with Crippen molar-refractivity contribution in [3.8, 4) is 11.5 Å². The summed E-state index contributed by atoms with van der Waals surface area (Å²) in [5, 5.41) is 11.3. The number of aryl methyl sites for hydroxylation is 2. The van der Waals surface area contributed by atoms with Crippen LogP contribution in [0.1, 0.15) is 69.0 Å². The first-order chi connectivity index (χ1) is 18.1. The van der Waals surface area contributed by atoms with Crippen LogP contribution in [0, 0.1) is 0 Å². The van der Waals surface area contributed by atoms with Crippen LogP contribution < -0.4 is 14.8 Å². The van der Waals surface area contributed by atoms with Crippen molar-refractivity contribution in [2.45, 2.75) is 77.4 Å². The normalized spacial score (nSPS) is 15.9. The van der Waals surface area contributed by atoms with Gasteiger partial charge in [0.25, 0.3) is 0 Å². The molecule has 3 heterocycles. The Hall–Kier alpha value is -2.94. The monoisotopic (exact) mass is 512 g/mol. The van der Waals surface area contributed by atoms with Gasteiger partial charge in [0.2, 0.25) is 0 Å². The first kappa shape index (κ1) is 27.1. The number of hydrogen-bond acceptors (Lipinski definition) is 7. The maximum Gasteiger partial charge on any atom is 0.161 e. The van der Waals surface area contributed by atoms with Crippen LogP contribution in [0.3, 0.4) is 0 Å². The lowest BCUT2D eigenvalue weighted by Crippen LogP contribution is -2.22. The van der Waals surface area contributed by atoms with Crippen LogP contribution in [0.5, 0.6) is 11.5 Å². The fourth-order valence-electron chi connectivity index (χ4n) is 4.89. The molecule has 0 bridgehead atoms. The molecule has 0 aliphatic carbocycles. The molecule has 1 aromatic carbocycles. The zero-order valence-electron chi connectivity index (χ0n) is 22.5. The van der Waals surface area contributed by atoms with E-state index >= 15 is 0 Å². The van der Waals surface area contributed by atoms with Crippen molar-refractivity contribution in [1.29, 1.82) is 0 Å². The van der Waals surface area contributed by atoms with Gasteiger partial charge in [0, 0.05) is 26.1 Å². The van der Waals surface area contributed by atoms with E-state index in [1.165, 1.54) is 0 Å². The van der Waals surface area contributed by atoms with Crippen molar-refractivity contribution in [1.82, 2.24) is 25.1 Å². The average molecular weight is 513 g/mol. The number of aromatic nitrogens is 4. The molecular weight excluding hydrogens is 471 g/mol. The second kappa shape index (κ2) is 13.6. The number of H-pyrrole nitrogens is 1. The number of aromatic amines is 1. The van der Waals surface area contributed by atoms with Crippen LogP contribution >= 0.6 is 0 Å². The molecule has 0 radical (unpaired) electrons. The predicted molar refractivity (Wildman–Crippen MR) is 145 cm³/mol. The Morgan fingerprint density at radius 3 is 2.65 bits per heavy atom. The fraction of sp³-hybridized carbons (Fsp3) is 0.607. The standard InChI is InChI=1S/C28H41FN6O2/c1-4-5-11-25-31-26-22(10-8-6-7-9-15-35-16-14-21(29)19-35)33-34-27(26)28(32-25)30-18-20-12-13-23(36-2)24(17-20)37-3/h12-13,17,21H,4-11,14-16,18-19H2,1-3H3,(H,33,34)(H,30,31,32)/t21-/m0/s1. The molecule has 0 spiro atoms. The molecule has 9 heteroatoms. The Balaban J connectivity index is 1.38. The van der Waals surface area contributed by atoms with Crippen LogP contribution in [-0.4, -0.2) is 65.1 Å². The topological polar surface area (TPSA) is 88.2 Å². The van der Waals surface area contributed by atoms with Gasteiger partial charge >= 0.3 is 0 Å². The second-order valence-corrected chi connectivity index (χ2v) is 9.88. The Kier molecular flexibility index (Phi) is 9.93. The third-order valence-electron chi connectivity index (χ3n) is 7.05. The summed E-state index contributed by atoms with van der Waals surface area (Å²) in [6.45, 7) is 5.30. The minimum atomic E-state index is -0.629. The summed E-state index contributed by atoms with van der Waals surface area (Å²) < 4.78 is 24.1. The average Bonchev–Trinajstić information content (AvgIpc) is 3.53. The van der Waals surface area contributed by atoms with Crippen LogP contribution in [0.2, 0.25) is 0 Å². The summed E-state index contributed by atoms with van der Waals surface area (Å²) in [7, 11) is 3.28. The summed E-state index contributed by atoms with van der Waals surface area (Å²) >= 11 is 0. The SMILES string of the molecule is CCCCc1nc(NCc2ccc(OC)c(OC)c2)c2[nH]nc(CCCCCCN3CC[C@H](F)C3)c2n1. The molecule has 1 atom stereocenters. The molecule has 0 amide bonds. The summed E-state index contributed by atoms with van der Waals surface area (Å²) in [6, 6.07) is 5.90. The molecule has 3 aromatic rings. The highest BCUT2D eigenvalue weighted by Crippen LogP contribution is 2.29. The van der Waals surface area contributed by atoms with Crippen LogP contribution in [0.4, 0.5) is 10.2 Å². The van der Waals surface area contributed by atoms with Gasteiger partial charge in [-0.05, 0) is 56.3 Å². The van der Waals surface area contributed by atoms with Gasteiger partial charge in [-0.25, -0.2) is 14.4 Å². The van der Waals surface area contributed by atoms with E-state index < -0.39 is 6.17 Å². The van der Waals surface area contributed by atoms with Gasteiger partial charge in [-0.2, -0.15) is 5.10 Å². The number of anilines is 1. The van der Waals surface area contributed by atoms with E-state index in [4.69, 9.17) is 19.4 Å². The van der Waals surface area contributed by atoms with Gasteiger partial charge < -0.3 is 19.7 Å². The quantitative estimate of drug-likeness (QED) is 0.261. The van der Waals surface area contributed by atoms with Gasteiger partial charge in [-0.1, -0.05) is 32.3 Å². The first-order valence-electron chi connectivity index (χ1n) is 13.7. The molecule has 0 saturated carbocycles. The predicted octanol–water partition coefficient (Wildman–Crippen LogP) is 5.47. The molecule has 1 aliphatic heterocycles. The Labute approximate surface area is 219 Å². The molecule has 37 heavy (non-hydrogen) atoms. The van der Waals surface area contributed by atoms with Crippen molar-refractivity contribution < 1.29 is 13.9 Å². The van der Waals surface area contributed by atoms with Crippen molar-refractivity contribution in [2.24, 2.45) is 0 Å². The van der Waals surface area contributed by atoms with Crippen molar-refractivity contribution in [2.75, 3.05) is 39.2 Å². The number of fused-ring (bicyclic) bond motifs is 1. The molecule has 1 aliphatic rings. The van der Waals surface area contributed by atoms with Crippen molar-refractivity contribution in [3.63, 3.8) is 0 Å². The van der Waals surface area contributed by atoms with Gasteiger partial charge in [0.1, 0.15) is 23.0 Å². The highest BCUT2D eigenvalue weighted by atomic mass is 19.1. The molecule has 2 N–H and O–H groups in total. The Bertz CT molecular complexity index is 1140. The Morgan fingerprint density at radius 2 is 1.89 bits per heavy atom. The second-order valence-electron chi connectivity index (χ2n) is 9.88. The summed E-state index contributed by atoms with van der Waals surface area (Å²) in [6.07, 6.45) is 8.43. The van der Waals surface area contributed by atoms with Crippen molar-refractivity contribution in [3.05, 3.63) is 35.3 Å². The Morgan fingerprint density at radius 1 is 1.05 bits per heavy atom. The minimum absolute atomic E-state index is 0.591. The molecular formula is C28H41FN6O2. The smallest absolute Gasteiger partial charge is 0.161 e. The van der Waals surface area contributed by atoms with E-state index in [0.717, 1.165) is 98.4 Å². The van der Waals surface area contributed by atoms with E-state index in [1.807, 2.05) is 18.2 Å². The zero-order valence-corrected chi connectivity index (χ0v) is 22.5. The minimum Gasteiger partial charge on any atom is -0.493 e. The van der Waals surface area contributed by atoms with E-state index in [1.54, 1.807) is 14.2 Å². The van der Waals surface area contributed by atoms with Gasteiger partial charge in [0.05, 0.1) is 19.9 Å². The molecule has 202 valence electrons. The third-order valence-corrected chi connectivity index (χ3v) is 7.05. The summed E-state index contributed by atoms with van der Waals surface area (Å²) in [5.74, 6) is 3.04. The van der Waals surface area contributed by atoms with Crippen LogP contribution in [0.15, 0.2) is 18.2 Å². The molecule has 0 unspecified atom stereocenters. The molecule has 1 saturated heterocycles. The number of rotatable bonds is 15. The highest BCUT2D eigenvalue weighted by Gasteiger charge is 2.20. The lowest BCUT2D eigenvalue weighted by Gasteiger charge is -2.13. The molecule has 1 fully saturated rings. The van der Waals surface area contributed by atoms with Crippen LogP contribution in [-0.2, 0) is 19.4 Å². The number of halogens is 1. The van der Waals surface area contributed by atoms with E-state index in [-0.39, 0.29) is 0 Å². The first-order valence-corrected chi connectivity index (χ1v) is 13.7. The summed E-state index contributed by atoms with van der Waals surface area (Å²) in [4.78, 5) is 12.0. The van der Waals surface area contributed by atoms with Gasteiger partial charge in [-0.15, -0.1) is 0 Å². The maximum atomic E-state index is 13.3. The largest absolute Gasteiger partial charge is 0.493 e. The van der Waals surface area contributed by atoms with Gasteiger partial charge in [0.15, 0.2) is 17.3 Å². The number of alkyl halides is 1. The van der Waals surface area contributed by atoms with E-state index in [2.05, 4.69) is 27.3 Å². The van der Waals surface area contributed by atoms with E-state index in [0.29, 0.717) is 31.0 Å². The number of methoxy groups -OCH3 is 2. The number of nitrogens with zero attached hydrogens (tertiary/aromatic N) is 4. The number of ether oxygens (including phenoxy) is 2. The van der Waals surface area contributed by atoms with Gasteiger partial charge in [-0.3, -0.25) is 5.10 Å². The van der Waals surface area contributed by atoms with Crippen molar-refractivity contribution >= 4 is 16.9 Å². The number of hydrogen-bond donors (Lipinski definition) is 2. The number of unbranched alkanes of at least 4 members (excludes halogenated alkanes) is 4. The third kappa shape index (κ3) is 7.31. The van der Waals surface area contributed by atoms with E-state index in [9.17, 15) is 4.39 Å². The number of benzene rings is 1. The molecule has 4 rings (SSSR count). The fourth-order valence-corrected chi connectivity index (χ4v) is 4.89. The lowest BCUT2D eigenvalue weighted by atomic mass is 10.1. The molecule has 2 aromatic heterocycles.